The second kappa shape index (κ2) is 6.90. The third kappa shape index (κ3) is 4.62. The molecule has 0 aliphatic heterocycles. The molecule has 1 radical (unpaired) electrons. The summed E-state index contributed by atoms with van der Waals surface area (Å²) < 4.78 is 81.8. The molecule has 0 fully saturated rings. The Morgan fingerprint density at radius 1 is 1.24 bits per heavy atom. The van der Waals surface area contributed by atoms with Crippen LogP contribution >= 0.6 is 11.3 Å². The van der Waals surface area contributed by atoms with Gasteiger partial charge < -0.3 is 4.74 Å². The van der Waals surface area contributed by atoms with E-state index >= 15 is 0 Å². The minimum Gasteiger partial charge on any atom is -0.438 e. The van der Waals surface area contributed by atoms with E-state index in [0.717, 1.165) is 30.6 Å². The Morgan fingerprint density at radius 2 is 1.92 bits per heavy atom. The first-order chi connectivity index (χ1) is 11.5. The number of thiophene rings is 1. The Hall–Kier alpha value is -2.30. The first-order valence-electron chi connectivity index (χ1n) is 6.53. The van der Waals surface area contributed by atoms with Crippen LogP contribution in [0.25, 0.3) is 0 Å². The number of alkyl halides is 6. The number of halogens is 6. The molecule has 0 bridgehead atoms. The lowest BCUT2D eigenvalue weighted by atomic mass is 10.0. The Kier molecular flexibility index (Phi) is 5.26. The molecule has 1 unspecified atom stereocenters. The van der Waals surface area contributed by atoms with Crippen LogP contribution in [0.2, 0.25) is 0 Å². The number of likely N-dealkylation sites (N-methyl/N-ethyl adjacent to an activating group) is 1. The number of nitrogens with zero attached hydrogens (tertiary/aromatic N) is 2. The largest absolute Gasteiger partial charge is 0.438 e. The van der Waals surface area contributed by atoms with Crippen molar-refractivity contribution >= 4 is 17.2 Å². The number of carbonyl (C=O) groups is 1. The number of rotatable bonds is 4. The van der Waals surface area contributed by atoms with Gasteiger partial charge in [0.05, 0.1) is 5.69 Å². The maximum atomic E-state index is 13.1. The monoisotopic (exact) mass is 383 g/mol. The van der Waals surface area contributed by atoms with Crippen molar-refractivity contribution < 1.29 is 35.9 Å². The van der Waals surface area contributed by atoms with Gasteiger partial charge in [0.15, 0.2) is 5.92 Å². The summed E-state index contributed by atoms with van der Waals surface area (Å²) in [6, 6.07) is 3.97. The van der Waals surface area contributed by atoms with Gasteiger partial charge in [-0.2, -0.15) is 26.3 Å². The van der Waals surface area contributed by atoms with E-state index in [1.54, 1.807) is 0 Å². The van der Waals surface area contributed by atoms with Crippen LogP contribution in [0.1, 0.15) is 16.5 Å². The fourth-order valence-corrected chi connectivity index (χ4v) is 2.53. The Bertz CT molecular complexity index is 756. The molecule has 1 atom stereocenters. The van der Waals surface area contributed by atoms with Gasteiger partial charge >= 0.3 is 12.4 Å². The summed E-state index contributed by atoms with van der Waals surface area (Å²) in [5.74, 6) is -4.61. The Balaban J connectivity index is 2.29. The van der Waals surface area contributed by atoms with Crippen molar-refractivity contribution in [1.82, 2.24) is 10.3 Å². The molecular weight excluding hydrogens is 374 g/mol. The van der Waals surface area contributed by atoms with Gasteiger partial charge in [-0.3, -0.25) is 10.1 Å². The van der Waals surface area contributed by atoms with E-state index in [4.69, 9.17) is 4.74 Å². The van der Waals surface area contributed by atoms with E-state index in [-0.39, 0.29) is 11.6 Å². The average Bonchev–Trinajstić information content (AvgIpc) is 2.95. The molecule has 0 spiro atoms. The molecule has 4 nitrogen and oxygen atoms in total. The van der Waals surface area contributed by atoms with Gasteiger partial charge in [0, 0.05) is 24.6 Å². The third-order valence-corrected chi connectivity index (χ3v) is 3.87. The van der Waals surface area contributed by atoms with Crippen molar-refractivity contribution in [2.24, 2.45) is 0 Å². The fraction of sp³-hybridized carbons (Fsp3) is 0.286. The van der Waals surface area contributed by atoms with Crippen molar-refractivity contribution in [3.05, 3.63) is 40.2 Å². The third-order valence-electron chi connectivity index (χ3n) is 2.91. The van der Waals surface area contributed by atoms with Crippen molar-refractivity contribution in [3.8, 4) is 11.6 Å². The number of hydrogen-bond donors (Lipinski definition) is 0. The molecular formula is C14H9F6N2O2S. The predicted molar refractivity (Wildman–Crippen MR) is 75.5 cm³/mol. The Morgan fingerprint density at radius 3 is 2.44 bits per heavy atom. The van der Waals surface area contributed by atoms with Gasteiger partial charge in [-0.25, -0.2) is 4.98 Å². The van der Waals surface area contributed by atoms with Gasteiger partial charge in [-0.1, -0.05) is 6.07 Å². The van der Waals surface area contributed by atoms with Crippen LogP contribution in [0.15, 0.2) is 29.6 Å². The van der Waals surface area contributed by atoms with Gasteiger partial charge in [-0.05, 0) is 6.07 Å². The zero-order valence-electron chi connectivity index (χ0n) is 12.4. The second-order valence-electron chi connectivity index (χ2n) is 4.68. The van der Waals surface area contributed by atoms with E-state index in [9.17, 15) is 31.1 Å². The number of aromatic nitrogens is 1. The average molecular weight is 383 g/mol. The molecule has 1 amide bonds. The molecule has 25 heavy (non-hydrogen) atoms. The highest BCUT2D eigenvalue weighted by molar-refractivity contribution is 7.10. The standard InChI is InChI=1S/C14H9F6N2O2S/c1-21-12(23)11(14(18,19)20)8-3-2-4-10(22-8)24-7-5-9(25-6-7)13(15,16)17/h2-6,11H,1H3. The highest BCUT2D eigenvalue weighted by Gasteiger charge is 2.47. The lowest BCUT2D eigenvalue weighted by Crippen LogP contribution is -2.33. The predicted octanol–water partition coefficient (Wildman–Crippen LogP) is 4.36. The van der Waals surface area contributed by atoms with E-state index in [1.165, 1.54) is 0 Å². The van der Waals surface area contributed by atoms with Gasteiger partial charge in [0.1, 0.15) is 10.6 Å². The van der Waals surface area contributed by atoms with E-state index < -0.39 is 34.7 Å². The SMILES string of the molecule is C[N]C(=O)C(c1cccc(Oc2csc(C(F)(F)F)c2)n1)C(F)(F)F. The zero-order chi connectivity index (χ0) is 18.8. The summed E-state index contributed by atoms with van der Waals surface area (Å²) in [5.41, 5.74) is -0.660. The topological polar surface area (TPSA) is 53.3 Å². The molecule has 11 heteroatoms. The molecule has 0 aliphatic carbocycles. The van der Waals surface area contributed by atoms with Crippen LogP contribution in [0.3, 0.4) is 0 Å². The lowest BCUT2D eigenvalue weighted by Gasteiger charge is -2.17. The van der Waals surface area contributed by atoms with E-state index in [0.29, 0.717) is 17.4 Å². The summed E-state index contributed by atoms with van der Waals surface area (Å²) in [4.78, 5) is 14.1. The van der Waals surface area contributed by atoms with Gasteiger partial charge in [0.2, 0.25) is 5.88 Å². The van der Waals surface area contributed by atoms with Crippen LogP contribution < -0.4 is 10.1 Å². The first-order valence-corrected chi connectivity index (χ1v) is 7.41. The number of carbonyl (C=O) groups excluding carboxylic acids is 1. The maximum absolute atomic E-state index is 13.1. The van der Waals surface area contributed by atoms with Crippen molar-refractivity contribution in [2.45, 2.75) is 18.3 Å². The van der Waals surface area contributed by atoms with Crippen molar-refractivity contribution in [1.29, 1.82) is 0 Å². The quantitative estimate of drug-likeness (QED) is 0.738. The molecule has 0 aliphatic rings. The zero-order valence-corrected chi connectivity index (χ0v) is 13.2. The summed E-state index contributed by atoms with van der Waals surface area (Å²) in [6.07, 6.45) is -9.48. The molecule has 0 N–H and O–H groups in total. The van der Waals surface area contributed by atoms with Gasteiger partial charge in [0.25, 0.3) is 5.91 Å². The molecule has 2 aromatic heterocycles. The molecule has 0 saturated heterocycles. The van der Waals surface area contributed by atoms with Crippen LogP contribution in [0, 0.1) is 0 Å². The fourth-order valence-electron chi connectivity index (χ4n) is 1.85. The molecule has 135 valence electrons. The van der Waals surface area contributed by atoms with Crippen molar-refractivity contribution in [2.75, 3.05) is 7.05 Å². The minimum absolute atomic E-state index is 0.225. The number of hydrogen-bond acceptors (Lipinski definition) is 4. The van der Waals surface area contributed by atoms with E-state index in [1.807, 2.05) is 0 Å². The highest BCUT2D eigenvalue weighted by atomic mass is 32.1. The van der Waals surface area contributed by atoms with Crippen LogP contribution in [-0.2, 0) is 11.0 Å². The summed E-state index contributed by atoms with van der Waals surface area (Å²) in [7, 11) is 0.922. The molecule has 2 heterocycles. The number of amides is 1. The lowest BCUT2D eigenvalue weighted by molar-refractivity contribution is -0.165. The van der Waals surface area contributed by atoms with Gasteiger partial charge in [-0.15, -0.1) is 11.3 Å². The number of ether oxygens (including phenoxy) is 1. The van der Waals surface area contributed by atoms with Crippen LogP contribution in [0.5, 0.6) is 11.6 Å². The summed E-state index contributed by atoms with van der Waals surface area (Å²) >= 11 is 0.372. The molecule has 0 saturated carbocycles. The maximum Gasteiger partial charge on any atom is 0.425 e. The number of pyridine rings is 1. The van der Waals surface area contributed by atoms with E-state index in [2.05, 4.69) is 10.3 Å². The summed E-state index contributed by atoms with van der Waals surface area (Å²) in [5, 5.41) is 4.06. The van der Waals surface area contributed by atoms with Crippen LogP contribution in [-0.4, -0.2) is 24.1 Å². The normalized spacial score (nSPS) is 13.4. The smallest absolute Gasteiger partial charge is 0.425 e. The highest BCUT2D eigenvalue weighted by Crippen LogP contribution is 2.38. The summed E-state index contributed by atoms with van der Waals surface area (Å²) in [6.45, 7) is 0. The Labute approximate surface area is 141 Å². The van der Waals surface area contributed by atoms with Crippen molar-refractivity contribution in [3.63, 3.8) is 0 Å². The molecule has 2 rings (SSSR count). The molecule has 2 aromatic rings. The minimum atomic E-state index is -4.92. The second-order valence-corrected chi connectivity index (χ2v) is 5.59. The van der Waals surface area contributed by atoms with Crippen LogP contribution in [0.4, 0.5) is 26.3 Å². The molecule has 0 aromatic carbocycles. The first kappa shape index (κ1) is 19.0.